The molecule has 0 fully saturated rings. The second-order valence-electron chi connectivity index (χ2n) is 4.69. The highest BCUT2D eigenvalue weighted by molar-refractivity contribution is 6.30. The minimum Gasteiger partial charge on any atom is -0.336 e. The van der Waals surface area contributed by atoms with E-state index in [1.807, 2.05) is 12.1 Å². The van der Waals surface area contributed by atoms with Gasteiger partial charge in [-0.3, -0.25) is 9.78 Å². The second kappa shape index (κ2) is 6.53. The first-order valence-electron chi connectivity index (χ1n) is 6.55. The molecule has 0 saturated heterocycles. The average molecular weight is 289 g/mol. The lowest BCUT2D eigenvalue weighted by atomic mass is 10.1. The van der Waals surface area contributed by atoms with Crippen LogP contribution in [-0.2, 0) is 13.0 Å². The Morgan fingerprint density at radius 1 is 1.20 bits per heavy atom. The van der Waals surface area contributed by atoms with Crippen LogP contribution in [0.2, 0.25) is 5.02 Å². The Morgan fingerprint density at radius 3 is 2.45 bits per heavy atom. The fraction of sp³-hybridized carbons (Fsp3) is 0.250. The summed E-state index contributed by atoms with van der Waals surface area (Å²) in [5, 5.41) is 0.518. The van der Waals surface area contributed by atoms with E-state index in [0.717, 1.165) is 12.0 Å². The van der Waals surface area contributed by atoms with E-state index < -0.39 is 0 Å². The molecule has 0 aliphatic carbocycles. The van der Waals surface area contributed by atoms with Gasteiger partial charge < -0.3 is 4.90 Å². The highest BCUT2D eigenvalue weighted by Crippen LogP contribution is 2.12. The molecule has 4 heteroatoms. The SMILES string of the molecule is CCc1ccc(CN(C)C(=O)c2cc(Cl)ccn2)cc1. The van der Waals surface area contributed by atoms with Crippen molar-refractivity contribution in [3.63, 3.8) is 0 Å². The van der Waals surface area contributed by atoms with Crippen LogP contribution < -0.4 is 0 Å². The maximum Gasteiger partial charge on any atom is 0.272 e. The number of rotatable bonds is 4. The van der Waals surface area contributed by atoms with E-state index in [1.54, 1.807) is 30.3 Å². The highest BCUT2D eigenvalue weighted by Gasteiger charge is 2.13. The van der Waals surface area contributed by atoms with Gasteiger partial charge in [-0.1, -0.05) is 42.8 Å². The lowest BCUT2D eigenvalue weighted by Gasteiger charge is -2.17. The Kier molecular flexibility index (Phi) is 4.74. The standard InChI is InChI=1S/C16H17ClN2O/c1-3-12-4-6-13(7-5-12)11-19(2)16(20)15-10-14(17)8-9-18-15/h4-10H,3,11H2,1-2H3. The zero-order valence-corrected chi connectivity index (χ0v) is 12.4. The van der Waals surface area contributed by atoms with E-state index in [2.05, 4.69) is 24.0 Å². The van der Waals surface area contributed by atoms with Gasteiger partial charge in [0, 0.05) is 24.8 Å². The first-order chi connectivity index (χ1) is 9.60. The molecule has 0 bridgehead atoms. The van der Waals surface area contributed by atoms with Crippen LogP contribution in [0, 0.1) is 0 Å². The molecule has 0 aliphatic rings. The molecule has 3 nitrogen and oxygen atoms in total. The lowest BCUT2D eigenvalue weighted by molar-refractivity contribution is 0.0779. The van der Waals surface area contributed by atoms with Gasteiger partial charge in [-0.05, 0) is 29.7 Å². The van der Waals surface area contributed by atoms with Gasteiger partial charge in [0.1, 0.15) is 5.69 Å². The zero-order chi connectivity index (χ0) is 14.5. The van der Waals surface area contributed by atoms with Crippen LogP contribution in [0.3, 0.4) is 0 Å². The van der Waals surface area contributed by atoms with Gasteiger partial charge in [-0.2, -0.15) is 0 Å². The summed E-state index contributed by atoms with van der Waals surface area (Å²) in [5.41, 5.74) is 2.75. The van der Waals surface area contributed by atoms with Gasteiger partial charge >= 0.3 is 0 Å². The van der Waals surface area contributed by atoms with Crippen molar-refractivity contribution in [1.82, 2.24) is 9.88 Å². The Bertz CT molecular complexity index is 596. The van der Waals surface area contributed by atoms with Crippen molar-refractivity contribution in [2.45, 2.75) is 19.9 Å². The van der Waals surface area contributed by atoms with Crippen LogP contribution in [0.25, 0.3) is 0 Å². The van der Waals surface area contributed by atoms with E-state index in [-0.39, 0.29) is 5.91 Å². The molecule has 0 atom stereocenters. The van der Waals surface area contributed by atoms with E-state index in [9.17, 15) is 4.79 Å². The molecule has 104 valence electrons. The summed E-state index contributed by atoms with van der Waals surface area (Å²) in [6.45, 7) is 2.67. The van der Waals surface area contributed by atoms with Crippen molar-refractivity contribution in [2.75, 3.05) is 7.05 Å². The van der Waals surface area contributed by atoms with Crippen LogP contribution in [0.1, 0.15) is 28.5 Å². The highest BCUT2D eigenvalue weighted by atomic mass is 35.5. The summed E-state index contributed by atoms with van der Waals surface area (Å²) in [7, 11) is 1.76. The van der Waals surface area contributed by atoms with E-state index in [4.69, 9.17) is 11.6 Å². The van der Waals surface area contributed by atoms with Gasteiger partial charge in [-0.15, -0.1) is 0 Å². The number of hydrogen-bond acceptors (Lipinski definition) is 2. The summed E-state index contributed by atoms with van der Waals surface area (Å²) in [6.07, 6.45) is 2.56. The summed E-state index contributed by atoms with van der Waals surface area (Å²) < 4.78 is 0. The fourth-order valence-corrected chi connectivity index (χ4v) is 2.10. The quantitative estimate of drug-likeness (QED) is 0.862. The van der Waals surface area contributed by atoms with Gasteiger partial charge in [0.05, 0.1) is 0 Å². The first-order valence-corrected chi connectivity index (χ1v) is 6.92. The number of carbonyl (C=O) groups is 1. The van der Waals surface area contributed by atoms with Crippen LogP contribution >= 0.6 is 11.6 Å². The van der Waals surface area contributed by atoms with Crippen molar-refractivity contribution in [1.29, 1.82) is 0 Å². The van der Waals surface area contributed by atoms with Gasteiger partial charge in [0.25, 0.3) is 5.91 Å². The number of halogens is 1. The molecule has 0 spiro atoms. The van der Waals surface area contributed by atoms with Crippen molar-refractivity contribution < 1.29 is 4.79 Å². The van der Waals surface area contributed by atoms with Crippen LogP contribution in [0.4, 0.5) is 0 Å². The molecule has 2 aromatic rings. The van der Waals surface area contributed by atoms with Crippen molar-refractivity contribution in [3.8, 4) is 0 Å². The number of benzene rings is 1. The molecule has 1 heterocycles. The van der Waals surface area contributed by atoms with E-state index in [0.29, 0.717) is 17.3 Å². The first kappa shape index (κ1) is 14.5. The second-order valence-corrected chi connectivity index (χ2v) is 5.13. The Labute approximate surface area is 124 Å². The molecular weight excluding hydrogens is 272 g/mol. The van der Waals surface area contributed by atoms with E-state index in [1.165, 1.54) is 5.56 Å². The zero-order valence-electron chi connectivity index (χ0n) is 11.6. The Balaban J connectivity index is 2.07. The number of aromatic nitrogens is 1. The molecule has 1 aromatic carbocycles. The van der Waals surface area contributed by atoms with Crippen LogP contribution in [-0.4, -0.2) is 22.8 Å². The normalized spacial score (nSPS) is 10.3. The fourth-order valence-electron chi connectivity index (χ4n) is 1.94. The number of carbonyl (C=O) groups excluding carboxylic acids is 1. The molecule has 0 N–H and O–H groups in total. The number of pyridine rings is 1. The predicted molar refractivity (Wildman–Crippen MR) is 80.9 cm³/mol. The molecule has 1 amide bonds. The Hall–Kier alpha value is -1.87. The van der Waals surface area contributed by atoms with Gasteiger partial charge in [0.15, 0.2) is 0 Å². The maximum absolute atomic E-state index is 12.2. The molecule has 2 rings (SSSR count). The number of nitrogens with zero attached hydrogens (tertiary/aromatic N) is 2. The smallest absolute Gasteiger partial charge is 0.272 e. The number of amides is 1. The molecule has 20 heavy (non-hydrogen) atoms. The Morgan fingerprint density at radius 2 is 1.85 bits per heavy atom. The maximum atomic E-state index is 12.2. The van der Waals surface area contributed by atoms with E-state index >= 15 is 0 Å². The molecule has 0 aliphatic heterocycles. The summed E-state index contributed by atoms with van der Waals surface area (Å²) >= 11 is 5.88. The molecule has 0 unspecified atom stereocenters. The molecule has 0 radical (unpaired) electrons. The van der Waals surface area contributed by atoms with Crippen molar-refractivity contribution in [3.05, 3.63) is 64.4 Å². The molecule has 1 aromatic heterocycles. The third kappa shape index (κ3) is 3.58. The molecular formula is C16H17ClN2O. The minimum atomic E-state index is -0.132. The third-order valence-corrected chi connectivity index (χ3v) is 3.37. The monoisotopic (exact) mass is 288 g/mol. The number of hydrogen-bond donors (Lipinski definition) is 0. The lowest BCUT2D eigenvalue weighted by Crippen LogP contribution is -2.26. The largest absolute Gasteiger partial charge is 0.336 e. The van der Waals surface area contributed by atoms with Gasteiger partial charge in [0.2, 0.25) is 0 Å². The average Bonchev–Trinajstić information content (AvgIpc) is 2.47. The summed E-state index contributed by atoms with van der Waals surface area (Å²) in [4.78, 5) is 17.9. The van der Waals surface area contributed by atoms with Crippen molar-refractivity contribution >= 4 is 17.5 Å². The van der Waals surface area contributed by atoms with Crippen LogP contribution in [0.5, 0.6) is 0 Å². The number of aryl methyl sites for hydroxylation is 1. The predicted octanol–water partition coefficient (Wildman–Crippen LogP) is 3.57. The van der Waals surface area contributed by atoms with Gasteiger partial charge in [-0.25, -0.2) is 0 Å². The molecule has 0 saturated carbocycles. The minimum absolute atomic E-state index is 0.132. The van der Waals surface area contributed by atoms with Crippen LogP contribution in [0.15, 0.2) is 42.6 Å². The summed E-state index contributed by atoms with van der Waals surface area (Å²) in [5.74, 6) is -0.132. The third-order valence-electron chi connectivity index (χ3n) is 3.14. The summed E-state index contributed by atoms with van der Waals surface area (Å²) in [6, 6.07) is 11.5. The van der Waals surface area contributed by atoms with Crippen molar-refractivity contribution in [2.24, 2.45) is 0 Å². The topological polar surface area (TPSA) is 33.2 Å².